The van der Waals surface area contributed by atoms with Crippen molar-refractivity contribution in [1.29, 1.82) is 0 Å². The molecule has 0 radical (unpaired) electrons. The molecule has 0 saturated heterocycles. The lowest BCUT2D eigenvalue weighted by Gasteiger charge is -2.27. The summed E-state index contributed by atoms with van der Waals surface area (Å²) in [7, 11) is 0. The van der Waals surface area contributed by atoms with Crippen LogP contribution in [-0.4, -0.2) is 0 Å². The van der Waals surface area contributed by atoms with Gasteiger partial charge in [0.1, 0.15) is 0 Å². The fraction of sp³-hybridized carbons (Fsp3) is 0.167. The lowest BCUT2D eigenvalue weighted by Crippen LogP contribution is -2.10. The van der Waals surface area contributed by atoms with Gasteiger partial charge in [-0.25, -0.2) is 0 Å². The number of nitrogens with zero attached hydrogens (tertiary/aromatic N) is 1. The van der Waals surface area contributed by atoms with Crippen LogP contribution >= 0.6 is 0 Å². The number of rotatable bonds is 6. The van der Waals surface area contributed by atoms with Gasteiger partial charge in [-0.1, -0.05) is 116 Å². The smallest absolute Gasteiger partial charge is 0.0462 e. The fourth-order valence-corrected chi connectivity index (χ4v) is 5.65. The van der Waals surface area contributed by atoms with Gasteiger partial charge < -0.3 is 4.90 Å². The Morgan fingerprint density at radius 3 is 1.19 bits per heavy atom. The molecule has 182 valence electrons. The van der Waals surface area contributed by atoms with Crippen molar-refractivity contribution in [2.75, 3.05) is 4.90 Å². The van der Waals surface area contributed by atoms with Crippen LogP contribution in [0, 0.1) is 0 Å². The van der Waals surface area contributed by atoms with Crippen LogP contribution < -0.4 is 4.90 Å². The van der Waals surface area contributed by atoms with E-state index in [9.17, 15) is 0 Å². The van der Waals surface area contributed by atoms with Crippen LogP contribution in [0.4, 0.5) is 17.1 Å². The van der Waals surface area contributed by atoms with Crippen LogP contribution in [-0.2, 0) is 0 Å². The second kappa shape index (κ2) is 10.9. The molecule has 0 heterocycles. The summed E-state index contributed by atoms with van der Waals surface area (Å²) in [5.41, 5.74) is 9.96. The zero-order valence-electron chi connectivity index (χ0n) is 21.3. The first kappa shape index (κ1) is 23.3. The number of hydrogen-bond acceptors (Lipinski definition) is 1. The third kappa shape index (κ3) is 5.22. The summed E-state index contributed by atoms with van der Waals surface area (Å²) in [6.45, 7) is 0. The van der Waals surface area contributed by atoms with Crippen molar-refractivity contribution >= 4 is 17.1 Å². The quantitative estimate of drug-likeness (QED) is 0.234. The Morgan fingerprint density at radius 2 is 0.757 bits per heavy atom. The molecule has 5 aromatic carbocycles. The normalized spacial score (nSPS) is 13.8. The third-order valence-corrected chi connectivity index (χ3v) is 7.69. The van der Waals surface area contributed by atoms with E-state index in [2.05, 4.69) is 138 Å². The van der Waals surface area contributed by atoms with Crippen molar-refractivity contribution in [3.63, 3.8) is 0 Å². The second-order valence-corrected chi connectivity index (χ2v) is 10.1. The molecular weight excluding hydrogens is 446 g/mol. The molecule has 0 N–H and O–H groups in total. The van der Waals surface area contributed by atoms with Crippen LogP contribution in [0.5, 0.6) is 0 Å². The summed E-state index contributed by atoms with van der Waals surface area (Å²) in [5, 5.41) is 0. The van der Waals surface area contributed by atoms with Crippen molar-refractivity contribution in [3.05, 3.63) is 139 Å². The monoisotopic (exact) mass is 479 g/mol. The average molecular weight is 480 g/mol. The first-order valence-corrected chi connectivity index (χ1v) is 13.6. The van der Waals surface area contributed by atoms with Gasteiger partial charge in [0.05, 0.1) is 0 Å². The summed E-state index contributed by atoms with van der Waals surface area (Å²) in [4.78, 5) is 2.37. The van der Waals surface area contributed by atoms with E-state index >= 15 is 0 Å². The van der Waals surface area contributed by atoms with E-state index in [1.807, 2.05) is 0 Å². The van der Waals surface area contributed by atoms with Crippen LogP contribution in [0.15, 0.2) is 133 Å². The van der Waals surface area contributed by atoms with Crippen molar-refractivity contribution in [3.8, 4) is 22.3 Å². The Morgan fingerprint density at radius 1 is 0.378 bits per heavy atom. The maximum Gasteiger partial charge on any atom is 0.0462 e. The summed E-state index contributed by atoms with van der Waals surface area (Å²) in [6.07, 6.45) is 6.76. The molecule has 0 bridgehead atoms. The molecule has 1 aliphatic rings. The number of benzene rings is 5. The molecule has 1 fully saturated rings. The molecular formula is C36H33N. The van der Waals surface area contributed by atoms with E-state index in [4.69, 9.17) is 0 Å². The molecule has 0 aromatic heterocycles. The van der Waals surface area contributed by atoms with E-state index < -0.39 is 0 Å². The molecule has 0 unspecified atom stereocenters. The molecule has 1 saturated carbocycles. The molecule has 0 spiro atoms. The Labute approximate surface area is 221 Å². The Balaban J connectivity index is 1.35. The average Bonchev–Trinajstić information content (AvgIpc) is 3.00. The summed E-state index contributed by atoms with van der Waals surface area (Å²) >= 11 is 0. The van der Waals surface area contributed by atoms with Crippen LogP contribution in [0.2, 0.25) is 0 Å². The molecule has 37 heavy (non-hydrogen) atoms. The minimum absolute atomic E-state index is 0.714. The van der Waals surface area contributed by atoms with Gasteiger partial charge in [-0.2, -0.15) is 0 Å². The molecule has 6 rings (SSSR count). The molecule has 0 aliphatic heterocycles. The van der Waals surface area contributed by atoms with E-state index in [1.54, 1.807) is 0 Å². The standard InChI is InChI=1S/C36H33N/c1-4-10-28(11-5-1)31-16-22-34(23-17-31)37(35-24-18-32(19-25-35)29-12-6-2-7-13-29)36-26-20-33(21-27-36)30-14-8-3-9-15-30/h1-2,4-7,10-13,16-27,30H,3,8-9,14-15H2. The van der Waals surface area contributed by atoms with E-state index in [0.29, 0.717) is 5.92 Å². The van der Waals surface area contributed by atoms with Gasteiger partial charge in [-0.3, -0.25) is 0 Å². The number of anilines is 3. The van der Waals surface area contributed by atoms with Gasteiger partial charge >= 0.3 is 0 Å². The fourth-order valence-electron chi connectivity index (χ4n) is 5.65. The van der Waals surface area contributed by atoms with Crippen molar-refractivity contribution in [2.24, 2.45) is 0 Å². The highest BCUT2D eigenvalue weighted by Gasteiger charge is 2.17. The lowest BCUT2D eigenvalue weighted by atomic mass is 9.84. The van der Waals surface area contributed by atoms with Gasteiger partial charge in [-0.05, 0) is 83.0 Å². The first-order chi connectivity index (χ1) is 18.3. The summed E-state index contributed by atoms with van der Waals surface area (Å²) < 4.78 is 0. The van der Waals surface area contributed by atoms with E-state index in [1.165, 1.54) is 65.6 Å². The highest BCUT2D eigenvalue weighted by Crippen LogP contribution is 2.38. The maximum absolute atomic E-state index is 2.37. The van der Waals surface area contributed by atoms with Crippen LogP contribution in [0.1, 0.15) is 43.6 Å². The minimum Gasteiger partial charge on any atom is -0.311 e. The predicted octanol–water partition coefficient (Wildman–Crippen LogP) is 10.5. The molecule has 0 atom stereocenters. The molecule has 5 aromatic rings. The topological polar surface area (TPSA) is 3.24 Å². The van der Waals surface area contributed by atoms with E-state index in [-0.39, 0.29) is 0 Å². The van der Waals surface area contributed by atoms with Gasteiger partial charge in [0, 0.05) is 17.1 Å². The summed E-state index contributed by atoms with van der Waals surface area (Å²) in [6, 6.07) is 48.4. The second-order valence-electron chi connectivity index (χ2n) is 10.1. The van der Waals surface area contributed by atoms with Crippen LogP contribution in [0.3, 0.4) is 0 Å². The van der Waals surface area contributed by atoms with Crippen molar-refractivity contribution in [1.82, 2.24) is 0 Å². The Bertz CT molecular complexity index is 1310. The maximum atomic E-state index is 2.37. The van der Waals surface area contributed by atoms with Gasteiger partial charge in [-0.15, -0.1) is 0 Å². The Hall–Kier alpha value is -4.10. The van der Waals surface area contributed by atoms with Gasteiger partial charge in [0.2, 0.25) is 0 Å². The van der Waals surface area contributed by atoms with Gasteiger partial charge in [0.25, 0.3) is 0 Å². The summed E-state index contributed by atoms with van der Waals surface area (Å²) in [5.74, 6) is 0.714. The highest BCUT2D eigenvalue weighted by molar-refractivity contribution is 5.79. The van der Waals surface area contributed by atoms with E-state index in [0.717, 1.165) is 11.4 Å². The molecule has 1 heteroatoms. The highest BCUT2D eigenvalue weighted by atomic mass is 15.1. The third-order valence-electron chi connectivity index (χ3n) is 7.69. The lowest BCUT2D eigenvalue weighted by molar-refractivity contribution is 0.443. The van der Waals surface area contributed by atoms with Crippen LogP contribution in [0.25, 0.3) is 22.3 Å². The largest absolute Gasteiger partial charge is 0.311 e. The Kier molecular flexibility index (Phi) is 6.86. The minimum atomic E-state index is 0.714. The SMILES string of the molecule is c1ccc(-c2ccc(N(c3ccc(-c4ccccc4)cc3)c3ccc(C4CCCCC4)cc3)cc2)cc1. The zero-order chi connectivity index (χ0) is 24.9. The first-order valence-electron chi connectivity index (χ1n) is 13.6. The van der Waals surface area contributed by atoms with Crippen molar-refractivity contribution in [2.45, 2.75) is 38.0 Å². The number of hydrogen-bond donors (Lipinski definition) is 0. The van der Waals surface area contributed by atoms with Crippen molar-refractivity contribution < 1.29 is 0 Å². The molecule has 1 nitrogen and oxygen atoms in total. The van der Waals surface area contributed by atoms with Gasteiger partial charge in [0.15, 0.2) is 0 Å². The molecule has 1 aliphatic carbocycles. The molecule has 0 amide bonds. The zero-order valence-corrected chi connectivity index (χ0v) is 21.3. The predicted molar refractivity (Wildman–Crippen MR) is 158 cm³/mol.